The van der Waals surface area contributed by atoms with Gasteiger partial charge in [-0.05, 0) is 24.0 Å². The average Bonchev–Trinajstić information content (AvgIpc) is 3.60. The largest absolute Gasteiger partial charge is 0.445 e. The number of hydrogen-bond acceptors (Lipinski definition) is 5. The molecule has 0 radical (unpaired) electrons. The lowest BCUT2D eigenvalue weighted by molar-refractivity contribution is -0.823. The third kappa shape index (κ3) is 5.82. The van der Waals surface area contributed by atoms with Crippen molar-refractivity contribution in [3.8, 4) is 0 Å². The molecule has 0 bridgehead atoms. The molecular weight excluding hydrogens is 458 g/mol. The number of likely N-dealkylation sites (N-methyl/N-ethyl adjacent to an activating group) is 1. The molecule has 8 heteroatoms. The molecule has 2 aliphatic heterocycles. The molecule has 2 aromatic rings. The van der Waals surface area contributed by atoms with E-state index in [0.29, 0.717) is 43.7 Å². The van der Waals surface area contributed by atoms with Crippen molar-refractivity contribution in [2.45, 2.75) is 56.8 Å². The van der Waals surface area contributed by atoms with Crippen LogP contribution in [0.25, 0.3) is 0 Å². The summed E-state index contributed by atoms with van der Waals surface area (Å²) < 4.78 is 5.51. The predicted molar refractivity (Wildman–Crippen MR) is 133 cm³/mol. The maximum atomic E-state index is 13.9. The number of rotatable bonds is 8. The Labute approximate surface area is 211 Å². The quantitative estimate of drug-likeness (QED) is 0.566. The summed E-state index contributed by atoms with van der Waals surface area (Å²) in [6.07, 6.45) is 3.36. The van der Waals surface area contributed by atoms with Crippen LogP contribution in [0.2, 0.25) is 0 Å². The first-order chi connectivity index (χ1) is 17.5. The van der Waals surface area contributed by atoms with Gasteiger partial charge in [0.2, 0.25) is 5.91 Å². The Kier molecular flexibility index (Phi) is 8.48. The molecule has 36 heavy (non-hydrogen) atoms. The molecule has 4 atom stereocenters. The number of carbonyl (C=O) groups excluding carboxylic acids is 4. The number of quaternary nitrogens is 1. The Morgan fingerprint density at radius 2 is 1.69 bits per heavy atom. The van der Waals surface area contributed by atoms with E-state index >= 15 is 0 Å². The molecular formula is C28H34N3O5+. The van der Waals surface area contributed by atoms with Crippen LogP contribution in [-0.2, 0) is 32.1 Å². The normalized spacial score (nSPS) is 22.1. The molecule has 8 nitrogen and oxygen atoms in total. The third-order valence-electron chi connectivity index (χ3n) is 7.25. The van der Waals surface area contributed by atoms with Crippen molar-refractivity contribution in [1.29, 1.82) is 0 Å². The molecule has 1 N–H and O–H groups in total. The molecule has 0 aromatic heterocycles. The van der Waals surface area contributed by atoms with Gasteiger partial charge in [0.15, 0.2) is 12.3 Å². The molecule has 2 saturated heterocycles. The maximum absolute atomic E-state index is 13.9. The van der Waals surface area contributed by atoms with Crippen molar-refractivity contribution < 1.29 is 28.8 Å². The second-order valence-corrected chi connectivity index (χ2v) is 9.57. The van der Waals surface area contributed by atoms with E-state index in [4.69, 9.17) is 4.74 Å². The SMILES string of the molecule is CN(C(=O)OCc1ccccc1)[C@H](Cc1ccccc1)C(=O)N1CCC[C@H]1C(=O)[NH+]1CCC[C@H]1C=O. The molecule has 0 saturated carbocycles. The van der Waals surface area contributed by atoms with Gasteiger partial charge in [-0.25, -0.2) is 9.59 Å². The minimum atomic E-state index is -0.820. The fraction of sp³-hybridized carbons (Fsp3) is 0.429. The second-order valence-electron chi connectivity index (χ2n) is 9.57. The molecule has 4 rings (SSSR count). The van der Waals surface area contributed by atoms with Crippen molar-refractivity contribution in [3.05, 3.63) is 71.8 Å². The van der Waals surface area contributed by atoms with Crippen LogP contribution in [0.1, 0.15) is 36.8 Å². The summed E-state index contributed by atoms with van der Waals surface area (Å²) >= 11 is 0. The molecule has 2 aliphatic rings. The number of benzene rings is 2. The van der Waals surface area contributed by atoms with Gasteiger partial charge < -0.3 is 9.64 Å². The lowest BCUT2D eigenvalue weighted by atomic mass is 10.0. The van der Waals surface area contributed by atoms with E-state index in [9.17, 15) is 19.2 Å². The molecule has 2 fully saturated rings. The van der Waals surface area contributed by atoms with Crippen molar-refractivity contribution in [2.75, 3.05) is 20.1 Å². The highest BCUT2D eigenvalue weighted by molar-refractivity contribution is 5.90. The molecule has 2 aromatic carbocycles. The smallest absolute Gasteiger partial charge is 0.410 e. The zero-order chi connectivity index (χ0) is 25.5. The van der Waals surface area contributed by atoms with Gasteiger partial charge in [-0.15, -0.1) is 0 Å². The van der Waals surface area contributed by atoms with Crippen LogP contribution >= 0.6 is 0 Å². The number of nitrogens with zero attached hydrogens (tertiary/aromatic N) is 2. The van der Waals surface area contributed by atoms with Crippen LogP contribution in [0.3, 0.4) is 0 Å². The molecule has 190 valence electrons. The Hall–Kier alpha value is -3.52. The maximum Gasteiger partial charge on any atom is 0.410 e. The third-order valence-corrected chi connectivity index (χ3v) is 7.25. The first-order valence-corrected chi connectivity index (χ1v) is 12.6. The number of amides is 3. The number of hydrogen-bond donors (Lipinski definition) is 1. The topological polar surface area (TPSA) is 88.4 Å². The van der Waals surface area contributed by atoms with Crippen LogP contribution in [0, 0.1) is 0 Å². The van der Waals surface area contributed by atoms with Crippen molar-refractivity contribution in [2.24, 2.45) is 0 Å². The standard InChI is InChI=1S/C28H33N3O5/c1-29(28(35)36-20-22-12-6-3-7-13-22)25(18-21-10-4-2-5-11-21)27(34)31-17-9-15-24(31)26(33)30-16-8-14-23(30)19-32/h2-7,10-13,19,23-25H,8-9,14-18,20H2,1H3/p+1/t23-,24-,25+/m0/s1. The number of likely N-dealkylation sites (tertiary alicyclic amines) is 2. The fourth-order valence-corrected chi connectivity index (χ4v) is 5.21. The monoisotopic (exact) mass is 492 g/mol. The minimum absolute atomic E-state index is 0.0942. The van der Waals surface area contributed by atoms with Gasteiger partial charge in [0.1, 0.15) is 18.7 Å². The van der Waals surface area contributed by atoms with Gasteiger partial charge >= 0.3 is 12.0 Å². The lowest BCUT2D eigenvalue weighted by Crippen LogP contribution is -3.18. The van der Waals surface area contributed by atoms with Crippen LogP contribution in [-0.4, -0.2) is 72.3 Å². The van der Waals surface area contributed by atoms with Crippen LogP contribution < -0.4 is 4.90 Å². The summed E-state index contributed by atoms with van der Waals surface area (Å²) in [6, 6.07) is 17.1. The second kappa shape index (κ2) is 11.9. The van der Waals surface area contributed by atoms with Gasteiger partial charge in [0.05, 0.1) is 6.54 Å². The highest BCUT2D eigenvalue weighted by atomic mass is 16.6. The molecule has 1 unspecified atom stereocenters. The molecule has 3 amide bonds. The van der Waals surface area contributed by atoms with E-state index in [1.807, 2.05) is 60.7 Å². The summed E-state index contributed by atoms with van der Waals surface area (Å²) in [6.45, 7) is 1.17. The fourth-order valence-electron chi connectivity index (χ4n) is 5.21. The van der Waals surface area contributed by atoms with Gasteiger partial charge in [0, 0.05) is 32.9 Å². The molecule has 0 aliphatic carbocycles. The first kappa shape index (κ1) is 25.6. The summed E-state index contributed by atoms with van der Waals surface area (Å²) in [5.41, 5.74) is 1.76. The Bertz CT molecular complexity index is 1060. The van der Waals surface area contributed by atoms with Crippen molar-refractivity contribution in [3.63, 3.8) is 0 Å². The predicted octanol–water partition coefficient (Wildman–Crippen LogP) is 1.63. The summed E-state index contributed by atoms with van der Waals surface area (Å²) in [5, 5.41) is 0. The van der Waals surface area contributed by atoms with Crippen molar-refractivity contribution in [1.82, 2.24) is 9.80 Å². The van der Waals surface area contributed by atoms with Crippen LogP contribution in [0.4, 0.5) is 4.79 Å². The van der Waals surface area contributed by atoms with Gasteiger partial charge in [0.25, 0.3) is 0 Å². The van der Waals surface area contributed by atoms with E-state index in [0.717, 1.165) is 23.8 Å². The molecule has 0 spiro atoms. The molecule has 2 heterocycles. The van der Waals surface area contributed by atoms with Gasteiger partial charge in [-0.3, -0.25) is 19.4 Å². The number of nitrogens with one attached hydrogen (secondary N) is 1. The Morgan fingerprint density at radius 3 is 2.36 bits per heavy atom. The van der Waals surface area contributed by atoms with Crippen LogP contribution in [0.5, 0.6) is 0 Å². The zero-order valence-corrected chi connectivity index (χ0v) is 20.7. The Morgan fingerprint density at radius 1 is 1.03 bits per heavy atom. The highest BCUT2D eigenvalue weighted by Gasteiger charge is 2.46. The van der Waals surface area contributed by atoms with E-state index in [1.54, 1.807) is 11.9 Å². The van der Waals surface area contributed by atoms with E-state index in [1.165, 1.54) is 4.90 Å². The highest BCUT2D eigenvalue weighted by Crippen LogP contribution is 2.22. The summed E-state index contributed by atoms with van der Waals surface area (Å²) in [7, 11) is 1.57. The minimum Gasteiger partial charge on any atom is -0.445 e. The lowest BCUT2D eigenvalue weighted by Gasteiger charge is -2.33. The number of ether oxygens (including phenoxy) is 1. The average molecular weight is 493 g/mol. The Balaban J connectivity index is 1.52. The van der Waals surface area contributed by atoms with Gasteiger partial charge in [-0.2, -0.15) is 0 Å². The van der Waals surface area contributed by atoms with E-state index in [2.05, 4.69) is 0 Å². The van der Waals surface area contributed by atoms with Crippen LogP contribution in [0.15, 0.2) is 60.7 Å². The number of aldehydes is 1. The number of carbonyl (C=O) groups is 4. The summed E-state index contributed by atoms with van der Waals surface area (Å²) in [5.74, 6) is -0.363. The van der Waals surface area contributed by atoms with E-state index in [-0.39, 0.29) is 24.5 Å². The van der Waals surface area contributed by atoms with Crippen molar-refractivity contribution >= 4 is 24.2 Å². The van der Waals surface area contributed by atoms with E-state index < -0.39 is 18.2 Å². The first-order valence-electron chi connectivity index (χ1n) is 12.6. The van der Waals surface area contributed by atoms with Gasteiger partial charge in [-0.1, -0.05) is 60.7 Å². The summed E-state index contributed by atoms with van der Waals surface area (Å²) in [4.78, 5) is 55.4. The zero-order valence-electron chi connectivity index (χ0n) is 20.7.